The number of nitro benzene ring substituents is 3. The number of nitrogens with one attached hydrogen (secondary N) is 1. The van der Waals surface area contributed by atoms with E-state index in [0.29, 0.717) is 6.07 Å². The smallest absolute Gasteiger partial charge is 0.435 e. The van der Waals surface area contributed by atoms with Gasteiger partial charge in [0.15, 0.2) is 0 Å². The maximum Gasteiger partial charge on any atom is 0.435 e. The summed E-state index contributed by atoms with van der Waals surface area (Å²) in [5.74, 6) is -6.96. The third-order valence-electron chi connectivity index (χ3n) is 8.93. The van der Waals surface area contributed by atoms with Crippen molar-refractivity contribution in [3.05, 3.63) is 173 Å². The SMILES string of the molecule is Nc1c(Cl)cc(C(F)(C(F)(F)F)C(F)(F)F)cc1Br.O=C(Cl)c1cccc([N+](=O)[O-])c1F.O=C(Nc1c(Cl)cc(C(F)(C(F)(F)F)C(F)(F)F)cc1Br)c1cccc([N+](=O)[O-])c1F.O=C(O)c1cccc([N+](=O)[O-])c1F. The van der Waals surface area contributed by atoms with Crippen LogP contribution in [0, 0.1) is 47.8 Å². The van der Waals surface area contributed by atoms with Gasteiger partial charge in [0.05, 0.1) is 47.3 Å². The van der Waals surface area contributed by atoms with Crippen LogP contribution in [0.2, 0.25) is 10.0 Å². The quantitative estimate of drug-likeness (QED) is 0.0412. The van der Waals surface area contributed by atoms with Crippen LogP contribution in [0.15, 0.2) is 87.8 Å². The lowest BCUT2D eigenvalue weighted by atomic mass is 9.94. The topological polar surface area (TPSA) is 239 Å². The van der Waals surface area contributed by atoms with Gasteiger partial charge >= 0.3 is 59.1 Å². The molecule has 37 heteroatoms. The van der Waals surface area contributed by atoms with E-state index in [1.54, 1.807) is 0 Å². The molecule has 0 unspecified atom stereocenters. The molecule has 5 aromatic carbocycles. The van der Waals surface area contributed by atoms with Crippen molar-refractivity contribution in [3.8, 4) is 0 Å². The minimum Gasteiger partial charge on any atom is -0.478 e. The average molecular weight is 1300 g/mol. The minimum atomic E-state index is -6.40. The molecule has 0 atom stereocenters. The lowest BCUT2D eigenvalue weighted by molar-refractivity contribution is -0.387. The van der Waals surface area contributed by atoms with Crippen LogP contribution in [0.25, 0.3) is 0 Å². The molecule has 0 saturated carbocycles. The Labute approximate surface area is 440 Å². The number of nitrogens with zero attached hydrogens (tertiary/aromatic N) is 3. The predicted molar refractivity (Wildman–Crippen MR) is 237 cm³/mol. The summed E-state index contributed by atoms with van der Waals surface area (Å²) in [5.41, 5.74) is -15.3. The molecule has 412 valence electrons. The number of nitro groups is 3. The Morgan fingerprint density at radius 3 is 1.17 bits per heavy atom. The Hall–Kier alpha value is -6.65. The summed E-state index contributed by atoms with van der Waals surface area (Å²) in [5, 5.41) is 38.8. The van der Waals surface area contributed by atoms with Gasteiger partial charge in [-0.05, 0) is 85.9 Å². The number of hydrogen-bond donors (Lipinski definition) is 3. The van der Waals surface area contributed by atoms with Crippen molar-refractivity contribution in [2.45, 2.75) is 36.0 Å². The Morgan fingerprint density at radius 2 is 0.855 bits per heavy atom. The summed E-state index contributed by atoms with van der Waals surface area (Å²) in [6.45, 7) is 0. The molecule has 0 saturated heterocycles. The number of amides is 1. The second-order valence-corrected chi connectivity index (χ2v) is 16.6. The number of rotatable bonds is 9. The monoisotopic (exact) mass is 1300 g/mol. The fourth-order valence-electron chi connectivity index (χ4n) is 5.31. The molecule has 0 bridgehead atoms. The Morgan fingerprint density at radius 1 is 0.539 bits per heavy atom. The number of nitrogens with two attached hydrogens (primary N) is 1. The van der Waals surface area contributed by atoms with Gasteiger partial charge in [0, 0.05) is 38.3 Å². The van der Waals surface area contributed by atoms with E-state index in [1.165, 1.54) is 6.07 Å². The lowest BCUT2D eigenvalue weighted by Crippen LogP contribution is -2.50. The first-order valence-corrected chi connectivity index (χ1v) is 21.1. The van der Waals surface area contributed by atoms with E-state index in [2.05, 4.69) is 31.9 Å². The highest BCUT2D eigenvalue weighted by Gasteiger charge is 2.74. The third-order valence-corrected chi connectivity index (χ3v) is 11.0. The molecule has 0 heterocycles. The van der Waals surface area contributed by atoms with Crippen LogP contribution in [0.1, 0.15) is 42.2 Å². The van der Waals surface area contributed by atoms with E-state index in [9.17, 15) is 119 Å². The molecule has 0 spiro atoms. The van der Waals surface area contributed by atoms with E-state index < -0.39 is 150 Å². The lowest BCUT2D eigenvalue weighted by Gasteiger charge is -2.30. The molecule has 0 fully saturated rings. The second kappa shape index (κ2) is 24.6. The molecule has 1 amide bonds. The fourth-order valence-corrected chi connectivity index (χ4v) is 7.19. The number of aromatic carboxylic acids is 1. The Bertz CT molecular complexity index is 2880. The maximum atomic E-state index is 14.2. The van der Waals surface area contributed by atoms with E-state index in [1.807, 2.05) is 5.32 Å². The van der Waals surface area contributed by atoms with Crippen LogP contribution < -0.4 is 11.1 Å². The molecular formula is C39H17Br2Cl3F17N5O10. The first-order chi connectivity index (χ1) is 34.4. The first kappa shape index (κ1) is 65.5. The Kier molecular flexibility index (Phi) is 21.2. The van der Waals surface area contributed by atoms with Gasteiger partial charge in [-0.2, -0.15) is 65.9 Å². The van der Waals surface area contributed by atoms with Crippen molar-refractivity contribution in [3.63, 3.8) is 0 Å². The number of carbonyl (C=O) groups is 3. The molecule has 76 heavy (non-hydrogen) atoms. The maximum absolute atomic E-state index is 14.2. The zero-order valence-corrected chi connectivity index (χ0v) is 40.8. The molecule has 5 rings (SSSR count). The van der Waals surface area contributed by atoms with Crippen molar-refractivity contribution in [2.24, 2.45) is 0 Å². The average Bonchev–Trinajstić information content (AvgIpc) is 3.27. The first-order valence-electron chi connectivity index (χ1n) is 18.3. The highest BCUT2D eigenvalue weighted by Crippen LogP contribution is 2.56. The number of anilines is 2. The zero-order valence-electron chi connectivity index (χ0n) is 35.4. The number of nitrogen functional groups attached to an aromatic ring is 1. The number of halogens is 22. The standard InChI is InChI=1S/C16H6BrClF8N2O3.C9H4BrClF7N.C7H3ClFNO3.C7H4FNO4/c17-8-4-6(14(20,15(21,22)23)16(24,25)26)5-9(18)12(8)27-13(29)7-2-1-3-10(11(7)19)28(30)31;10-4-1-3(2-5(11)6(4)19)7(12,8(13,14)15)9(16,17)18;8-7(11)4-2-1-3-5(6(4)9)10(12)13;8-6-4(7(10)11)2-1-3-5(6)9(12)13/h1-5H,(H,27,29);1-2H,19H2;1-3H;1-3H,(H,10,11). The molecule has 5 aromatic rings. The van der Waals surface area contributed by atoms with Gasteiger partial charge in [-0.25, -0.2) is 13.6 Å². The minimum absolute atomic E-state index is 0.00723. The number of alkyl halides is 14. The molecule has 0 aliphatic carbocycles. The summed E-state index contributed by atoms with van der Waals surface area (Å²) in [7, 11) is 0. The van der Waals surface area contributed by atoms with Gasteiger partial charge in [0.1, 0.15) is 5.56 Å². The van der Waals surface area contributed by atoms with Crippen LogP contribution >= 0.6 is 66.7 Å². The largest absolute Gasteiger partial charge is 0.478 e. The van der Waals surface area contributed by atoms with Crippen LogP contribution in [0.5, 0.6) is 0 Å². The summed E-state index contributed by atoms with van der Waals surface area (Å²) >= 11 is 21.2. The van der Waals surface area contributed by atoms with Crippen LogP contribution in [0.3, 0.4) is 0 Å². The number of hydrogen-bond acceptors (Lipinski definition) is 10. The highest BCUT2D eigenvalue weighted by molar-refractivity contribution is 9.11. The predicted octanol–water partition coefficient (Wildman–Crippen LogP) is 15.2. The van der Waals surface area contributed by atoms with Crippen molar-refractivity contribution in [1.82, 2.24) is 0 Å². The molecule has 4 N–H and O–H groups in total. The van der Waals surface area contributed by atoms with Gasteiger partial charge in [0.2, 0.25) is 17.5 Å². The number of carbonyl (C=O) groups excluding carboxylic acids is 2. The third kappa shape index (κ3) is 14.4. The highest BCUT2D eigenvalue weighted by atomic mass is 79.9. The van der Waals surface area contributed by atoms with Crippen molar-refractivity contribution in [2.75, 3.05) is 11.1 Å². The fraction of sp³-hybridized carbons (Fsp3) is 0.154. The van der Waals surface area contributed by atoms with Gasteiger partial charge in [0.25, 0.3) is 11.1 Å². The van der Waals surface area contributed by atoms with E-state index in [4.69, 9.17) is 45.6 Å². The molecular weight excluding hydrogens is 1290 g/mol. The summed E-state index contributed by atoms with van der Waals surface area (Å²) < 4.78 is 219. The molecule has 0 aliphatic rings. The van der Waals surface area contributed by atoms with Crippen LogP contribution in [0.4, 0.5) is 103 Å². The Balaban J connectivity index is 0.000000374. The number of benzene rings is 5. The number of carboxylic acids is 1. The normalized spacial score (nSPS) is 11.9. The van der Waals surface area contributed by atoms with E-state index in [0.717, 1.165) is 48.5 Å². The summed E-state index contributed by atoms with van der Waals surface area (Å²) in [4.78, 5) is 61.2. The number of carboxylic acid groups (broad SMARTS) is 1. The molecule has 0 aliphatic heterocycles. The van der Waals surface area contributed by atoms with Crippen molar-refractivity contribution in [1.29, 1.82) is 0 Å². The molecule has 15 nitrogen and oxygen atoms in total. The van der Waals surface area contributed by atoms with Crippen LogP contribution in [-0.2, 0) is 11.3 Å². The van der Waals surface area contributed by atoms with Gasteiger partial charge in [-0.3, -0.25) is 39.9 Å². The molecule has 0 aromatic heterocycles. The summed E-state index contributed by atoms with van der Waals surface area (Å²) in [6, 6.07) is 9.32. The van der Waals surface area contributed by atoms with Crippen molar-refractivity contribution < 1.29 is 109 Å². The summed E-state index contributed by atoms with van der Waals surface area (Å²) in [6.07, 6.45) is -25.2. The zero-order chi connectivity index (χ0) is 59.2. The van der Waals surface area contributed by atoms with E-state index >= 15 is 0 Å². The van der Waals surface area contributed by atoms with Crippen LogP contribution in [-0.4, -0.2) is 61.7 Å². The van der Waals surface area contributed by atoms with Gasteiger partial charge in [-0.1, -0.05) is 41.4 Å². The van der Waals surface area contributed by atoms with Gasteiger partial charge in [-0.15, -0.1) is 0 Å². The second-order valence-electron chi connectivity index (χ2n) is 13.7. The van der Waals surface area contributed by atoms with E-state index in [-0.39, 0.29) is 28.4 Å². The van der Waals surface area contributed by atoms with Crippen molar-refractivity contribution >= 4 is 112 Å². The molecule has 0 radical (unpaired) electrons. The van der Waals surface area contributed by atoms with Gasteiger partial charge < -0.3 is 16.2 Å².